The summed E-state index contributed by atoms with van der Waals surface area (Å²) in [5.41, 5.74) is 1.04. The Labute approximate surface area is 112 Å². The normalized spacial score (nSPS) is 10.3. The minimum atomic E-state index is -0.229. The maximum absolute atomic E-state index is 12.0. The number of carbonyl (C=O) groups excluding carboxylic acids is 1. The maximum atomic E-state index is 12.0. The van der Waals surface area contributed by atoms with E-state index in [2.05, 4.69) is 26.2 Å². The molecule has 4 nitrogen and oxygen atoms in total. The number of pyridine rings is 1. The van der Waals surface area contributed by atoms with Gasteiger partial charge in [-0.05, 0) is 34.1 Å². The molecule has 0 aromatic carbocycles. The molecule has 0 fully saturated rings. The molecule has 0 bridgehead atoms. The van der Waals surface area contributed by atoms with Crippen molar-refractivity contribution >= 4 is 39.1 Å². The van der Waals surface area contributed by atoms with Crippen LogP contribution in [0.1, 0.15) is 10.5 Å². The van der Waals surface area contributed by atoms with Gasteiger partial charge < -0.3 is 9.88 Å². The second-order valence-electron chi connectivity index (χ2n) is 3.45. The quantitative estimate of drug-likeness (QED) is 0.866. The number of hydrogen-bond acceptors (Lipinski definition) is 2. The molecule has 1 N–H and O–H groups in total. The third kappa shape index (κ3) is 2.68. The van der Waals surface area contributed by atoms with Crippen LogP contribution in [-0.4, -0.2) is 15.5 Å². The van der Waals surface area contributed by atoms with Gasteiger partial charge in [0.25, 0.3) is 5.91 Å². The molecule has 0 unspecified atom stereocenters. The van der Waals surface area contributed by atoms with Crippen LogP contribution in [0.15, 0.2) is 35.1 Å². The van der Waals surface area contributed by atoms with Crippen molar-refractivity contribution in [3.63, 3.8) is 0 Å². The topological polar surface area (TPSA) is 46.9 Å². The fraction of sp³-hybridized carbons (Fsp3) is 0.0909. The van der Waals surface area contributed by atoms with Crippen LogP contribution in [0.4, 0.5) is 5.69 Å². The predicted molar refractivity (Wildman–Crippen MR) is 70.3 cm³/mol. The largest absolute Gasteiger partial charge is 0.345 e. The Morgan fingerprint density at radius 1 is 1.59 bits per heavy atom. The molecule has 0 radical (unpaired) electrons. The van der Waals surface area contributed by atoms with Crippen LogP contribution in [-0.2, 0) is 7.05 Å². The molecule has 88 valence electrons. The summed E-state index contributed by atoms with van der Waals surface area (Å²) in [6.07, 6.45) is 3.37. The van der Waals surface area contributed by atoms with Gasteiger partial charge in [0.05, 0.1) is 5.69 Å². The lowest BCUT2D eigenvalue weighted by Crippen LogP contribution is -2.15. The number of halogens is 2. The van der Waals surface area contributed by atoms with Crippen molar-refractivity contribution < 1.29 is 4.79 Å². The average molecular weight is 315 g/mol. The zero-order valence-corrected chi connectivity index (χ0v) is 11.3. The Hall–Kier alpha value is -1.33. The lowest BCUT2D eigenvalue weighted by Gasteiger charge is -2.06. The van der Waals surface area contributed by atoms with Gasteiger partial charge in [-0.2, -0.15) is 0 Å². The zero-order valence-electron chi connectivity index (χ0n) is 8.95. The van der Waals surface area contributed by atoms with Crippen LogP contribution >= 0.6 is 27.5 Å². The first kappa shape index (κ1) is 12.1. The number of aromatic nitrogens is 2. The summed E-state index contributed by atoms with van der Waals surface area (Å²) in [6.45, 7) is 0. The highest BCUT2D eigenvalue weighted by Gasteiger charge is 2.12. The highest BCUT2D eigenvalue weighted by atomic mass is 79.9. The van der Waals surface area contributed by atoms with Gasteiger partial charge in [0, 0.05) is 23.9 Å². The van der Waals surface area contributed by atoms with Crippen molar-refractivity contribution in [1.82, 2.24) is 9.55 Å². The van der Waals surface area contributed by atoms with E-state index in [0.717, 1.165) is 4.47 Å². The summed E-state index contributed by atoms with van der Waals surface area (Å²) in [5, 5.41) is 2.98. The monoisotopic (exact) mass is 313 g/mol. The van der Waals surface area contributed by atoms with E-state index < -0.39 is 0 Å². The van der Waals surface area contributed by atoms with Crippen LogP contribution in [0.2, 0.25) is 5.15 Å². The zero-order chi connectivity index (χ0) is 12.4. The maximum Gasteiger partial charge on any atom is 0.272 e. The number of anilines is 1. The number of nitrogens with one attached hydrogen (secondary N) is 1. The van der Waals surface area contributed by atoms with Crippen molar-refractivity contribution in [2.45, 2.75) is 0 Å². The Morgan fingerprint density at radius 3 is 2.94 bits per heavy atom. The Balaban J connectivity index is 2.23. The van der Waals surface area contributed by atoms with Gasteiger partial charge in [-0.25, -0.2) is 4.98 Å². The van der Waals surface area contributed by atoms with Gasteiger partial charge in [0.15, 0.2) is 5.15 Å². The molecule has 0 aliphatic carbocycles. The summed E-state index contributed by atoms with van der Waals surface area (Å²) >= 11 is 9.17. The molecule has 2 heterocycles. The van der Waals surface area contributed by atoms with E-state index in [1.54, 1.807) is 42.2 Å². The first-order chi connectivity index (χ1) is 8.08. The lowest BCUT2D eigenvalue weighted by molar-refractivity contribution is 0.101. The molecule has 2 rings (SSSR count). The first-order valence-electron chi connectivity index (χ1n) is 4.81. The third-order valence-corrected chi connectivity index (χ3v) is 2.95. The Morgan fingerprint density at radius 2 is 2.35 bits per heavy atom. The number of amides is 1. The van der Waals surface area contributed by atoms with Gasteiger partial charge in [-0.3, -0.25) is 4.79 Å². The third-order valence-electron chi connectivity index (χ3n) is 2.21. The fourth-order valence-corrected chi connectivity index (χ4v) is 2.11. The molecule has 0 spiro atoms. The van der Waals surface area contributed by atoms with Crippen molar-refractivity contribution in [2.75, 3.05) is 5.32 Å². The van der Waals surface area contributed by atoms with E-state index in [0.29, 0.717) is 11.4 Å². The van der Waals surface area contributed by atoms with Gasteiger partial charge in [-0.1, -0.05) is 11.6 Å². The molecule has 6 heteroatoms. The number of rotatable bonds is 2. The summed E-state index contributed by atoms with van der Waals surface area (Å²) < 4.78 is 2.58. The molecule has 0 aliphatic heterocycles. The number of hydrogen-bond donors (Lipinski definition) is 1. The van der Waals surface area contributed by atoms with Crippen LogP contribution in [0.5, 0.6) is 0 Å². The van der Waals surface area contributed by atoms with E-state index in [9.17, 15) is 4.79 Å². The minimum absolute atomic E-state index is 0.229. The van der Waals surface area contributed by atoms with E-state index >= 15 is 0 Å². The predicted octanol–water partition coefficient (Wildman–Crippen LogP) is 3.09. The molecule has 2 aromatic heterocycles. The fourth-order valence-electron chi connectivity index (χ4n) is 1.42. The SMILES string of the molecule is Cn1cc(Br)cc1C(=O)Nc1cccnc1Cl. The van der Waals surface area contributed by atoms with Crippen molar-refractivity contribution in [1.29, 1.82) is 0 Å². The molecule has 0 atom stereocenters. The second kappa shape index (κ2) is 4.89. The van der Waals surface area contributed by atoms with Crippen molar-refractivity contribution in [3.05, 3.63) is 45.9 Å². The Kier molecular flexibility index (Phi) is 3.49. The molecule has 1 amide bonds. The van der Waals surface area contributed by atoms with E-state index in [1.807, 2.05) is 0 Å². The van der Waals surface area contributed by atoms with Crippen LogP contribution in [0.25, 0.3) is 0 Å². The molecule has 2 aromatic rings. The molecule has 17 heavy (non-hydrogen) atoms. The lowest BCUT2D eigenvalue weighted by atomic mass is 10.3. The van der Waals surface area contributed by atoms with E-state index in [-0.39, 0.29) is 11.1 Å². The van der Waals surface area contributed by atoms with Crippen molar-refractivity contribution in [2.24, 2.45) is 7.05 Å². The van der Waals surface area contributed by atoms with Crippen molar-refractivity contribution in [3.8, 4) is 0 Å². The van der Waals surface area contributed by atoms with Crippen LogP contribution in [0, 0.1) is 0 Å². The average Bonchev–Trinajstić information content (AvgIpc) is 2.61. The highest BCUT2D eigenvalue weighted by Crippen LogP contribution is 2.20. The van der Waals surface area contributed by atoms with Gasteiger partial charge in [-0.15, -0.1) is 0 Å². The highest BCUT2D eigenvalue weighted by molar-refractivity contribution is 9.10. The molecular weight excluding hydrogens is 305 g/mol. The van der Waals surface area contributed by atoms with Gasteiger partial charge in [0.2, 0.25) is 0 Å². The summed E-state index contributed by atoms with van der Waals surface area (Å²) in [7, 11) is 1.80. The second-order valence-corrected chi connectivity index (χ2v) is 4.72. The molecular formula is C11H9BrClN3O. The van der Waals surface area contributed by atoms with Crippen LogP contribution in [0.3, 0.4) is 0 Å². The summed E-state index contributed by atoms with van der Waals surface area (Å²) in [5.74, 6) is -0.229. The summed E-state index contributed by atoms with van der Waals surface area (Å²) in [4.78, 5) is 15.8. The summed E-state index contributed by atoms with van der Waals surface area (Å²) in [6, 6.07) is 5.15. The van der Waals surface area contributed by atoms with Gasteiger partial charge in [0.1, 0.15) is 5.69 Å². The van der Waals surface area contributed by atoms with Crippen LogP contribution < -0.4 is 5.32 Å². The van der Waals surface area contributed by atoms with Gasteiger partial charge >= 0.3 is 0 Å². The minimum Gasteiger partial charge on any atom is -0.345 e. The molecule has 0 saturated carbocycles. The first-order valence-corrected chi connectivity index (χ1v) is 5.99. The molecule has 0 saturated heterocycles. The number of aryl methyl sites for hydroxylation is 1. The number of nitrogens with zero attached hydrogens (tertiary/aromatic N) is 2. The Bertz CT molecular complexity index is 568. The standard InChI is InChI=1S/C11H9BrClN3O/c1-16-6-7(12)5-9(16)11(17)15-8-3-2-4-14-10(8)13/h2-6H,1H3,(H,15,17). The molecule has 0 aliphatic rings. The number of carbonyl (C=O) groups is 1. The van der Waals surface area contributed by atoms with E-state index in [1.165, 1.54) is 0 Å². The smallest absolute Gasteiger partial charge is 0.272 e. The van der Waals surface area contributed by atoms with E-state index in [4.69, 9.17) is 11.6 Å².